The van der Waals surface area contributed by atoms with Crippen LogP contribution in [0.4, 0.5) is 16.3 Å². The molecule has 46 heavy (non-hydrogen) atoms. The molecule has 2 amide bonds. The molecule has 4 heterocycles. The van der Waals surface area contributed by atoms with Gasteiger partial charge in [0.15, 0.2) is 5.82 Å². The summed E-state index contributed by atoms with van der Waals surface area (Å²) in [5, 5.41) is 10.5. The summed E-state index contributed by atoms with van der Waals surface area (Å²) in [4.78, 5) is 45.1. The summed E-state index contributed by atoms with van der Waals surface area (Å²) in [6, 6.07) is 18.8. The number of fused-ring (bicyclic) bond motifs is 1. The Labute approximate surface area is 272 Å². The monoisotopic (exact) mass is 644 g/mol. The fraction of sp³-hybridized carbons (Fsp3) is 0.412. The zero-order chi connectivity index (χ0) is 31.9. The summed E-state index contributed by atoms with van der Waals surface area (Å²) in [5.41, 5.74) is 2.91. The summed E-state index contributed by atoms with van der Waals surface area (Å²) in [5.74, 6) is -0.421. The zero-order valence-corrected chi connectivity index (χ0v) is 26.9. The molecule has 0 radical (unpaired) electrons. The molecule has 2 aliphatic rings. The van der Waals surface area contributed by atoms with Gasteiger partial charge in [-0.05, 0) is 68.2 Å². The van der Waals surface area contributed by atoms with E-state index in [9.17, 15) is 14.4 Å². The van der Waals surface area contributed by atoms with Crippen LogP contribution in [-0.2, 0) is 9.47 Å². The van der Waals surface area contributed by atoms with E-state index >= 15 is 0 Å². The van der Waals surface area contributed by atoms with E-state index in [4.69, 9.17) is 9.47 Å². The van der Waals surface area contributed by atoms with Crippen molar-refractivity contribution in [2.24, 2.45) is 0 Å². The maximum Gasteiger partial charge on any atom is 0.435 e. The van der Waals surface area contributed by atoms with Crippen molar-refractivity contribution in [3.8, 4) is 0 Å². The average molecular weight is 645 g/mol. The van der Waals surface area contributed by atoms with Gasteiger partial charge in [0, 0.05) is 30.9 Å². The maximum absolute atomic E-state index is 13.7. The Morgan fingerprint density at radius 1 is 0.978 bits per heavy atom. The van der Waals surface area contributed by atoms with Crippen molar-refractivity contribution in [2.75, 3.05) is 62.8 Å². The molecule has 4 aromatic rings. The highest BCUT2D eigenvalue weighted by molar-refractivity contribution is 7.21. The maximum atomic E-state index is 13.7. The molecule has 2 N–H and O–H groups in total. The largest absolute Gasteiger partial charge is 0.448 e. The Balaban J connectivity index is 1.24. The third-order valence-corrected chi connectivity index (χ3v) is 9.49. The molecular weight excluding hydrogens is 604 g/mol. The second kappa shape index (κ2) is 14.9. The quantitative estimate of drug-likeness (QED) is 0.205. The number of nitrogens with zero attached hydrogens (tertiary/aromatic N) is 4. The molecule has 2 aromatic heterocycles. The SMILES string of the molecule is CCCCOC(=O)n1nc(NC(=O)c2ccc(N3CCOCC3)cc2)c2sc(C(=O)N[C@H](CN3CCCC3)c3ccccc3)cc21. The van der Waals surface area contributed by atoms with Crippen LogP contribution in [0.15, 0.2) is 60.7 Å². The lowest BCUT2D eigenvalue weighted by Gasteiger charge is -2.28. The topological polar surface area (TPSA) is 118 Å². The van der Waals surface area contributed by atoms with Crippen molar-refractivity contribution in [1.29, 1.82) is 0 Å². The molecule has 0 spiro atoms. The summed E-state index contributed by atoms with van der Waals surface area (Å²) >= 11 is 1.19. The minimum absolute atomic E-state index is 0.199. The molecule has 242 valence electrons. The number of morpholine rings is 1. The molecule has 0 bridgehead atoms. The smallest absolute Gasteiger partial charge is 0.435 e. The van der Waals surface area contributed by atoms with Crippen molar-refractivity contribution in [3.63, 3.8) is 0 Å². The molecule has 0 unspecified atom stereocenters. The van der Waals surface area contributed by atoms with Gasteiger partial charge < -0.3 is 29.9 Å². The van der Waals surface area contributed by atoms with Crippen LogP contribution >= 0.6 is 11.3 Å². The Kier molecular flexibility index (Phi) is 10.3. The number of amides is 2. The number of hydrogen-bond donors (Lipinski definition) is 2. The molecule has 2 aromatic carbocycles. The number of carbonyl (C=O) groups excluding carboxylic acids is 3. The fourth-order valence-corrected chi connectivity index (χ4v) is 6.78. The van der Waals surface area contributed by atoms with Gasteiger partial charge in [0.25, 0.3) is 11.8 Å². The zero-order valence-electron chi connectivity index (χ0n) is 26.1. The van der Waals surface area contributed by atoms with E-state index in [1.807, 2.05) is 49.4 Å². The van der Waals surface area contributed by atoms with E-state index in [0.717, 1.165) is 67.8 Å². The van der Waals surface area contributed by atoms with Crippen molar-refractivity contribution in [3.05, 3.63) is 76.7 Å². The number of hydrogen-bond acceptors (Lipinski definition) is 9. The first-order valence-corrected chi connectivity index (χ1v) is 16.8. The summed E-state index contributed by atoms with van der Waals surface area (Å²) < 4.78 is 12.5. The van der Waals surface area contributed by atoms with Crippen LogP contribution < -0.4 is 15.5 Å². The minimum atomic E-state index is -0.658. The van der Waals surface area contributed by atoms with Crippen LogP contribution in [-0.4, -0.2) is 85.1 Å². The third kappa shape index (κ3) is 7.41. The van der Waals surface area contributed by atoms with E-state index in [0.29, 0.717) is 40.4 Å². The van der Waals surface area contributed by atoms with Crippen molar-refractivity contribution < 1.29 is 23.9 Å². The predicted molar refractivity (Wildman–Crippen MR) is 179 cm³/mol. The first kappa shape index (κ1) is 31.7. The van der Waals surface area contributed by atoms with E-state index in [1.165, 1.54) is 11.3 Å². The average Bonchev–Trinajstić information content (AvgIpc) is 3.84. The Hall–Kier alpha value is -4.26. The Bertz CT molecular complexity index is 1640. The lowest BCUT2D eigenvalue weighted by Crippen LogP contribution is -2.36. The van der Waals surface area contributed by atoms with Crippen LogP contribution in [0.2, 0.25) is 0 Å². The molecular formula is C34H40N6O5S. The first-order valence-electron chi connectivity index (χ1n) is 16.0. The van der Waals surface area contributed by atoms with Gasteiger partial charge in [0.2, 0.25) is 0 Å². The highest BCUT2D eigenvalue weighted by Gasteiger charge is 2.26. The lowest BCUT2D eigenvalue weighted by atomic mass is 10.1. The predicted octanol–water partition coefficient (Wildman–Crippen LogP) is 5.54. The molecule has 11 nitrogen and oxygen atoms in total. The minimum Gasteiger partial charge on any atom is -0.448 e. The Morgan fingerprint density at radius 2 is 1.72 bits per heavy atom. The summed E-state index contributed by atoms with van der Waals surface area (Å²) in [7, 11) is 0. The van der Waals surface area contributed by atoms with Crippen molar-refractivity contribution >= 4 is 51.0 Å². The number of carbonyl (C=O) groups is 3. The van der Waals surface area contributed by atoms with Crippen LogP contribution in [0.5, 0.6) is 0 Å². The standard InChI is InChI=1S/C34H40N6O5S/c1-2-3-19-45-34(43)40-28-22-29(33(42)35-27(23-38-15-7-8-16-38)24-9-5-4-6-10-24)46-30(28)31(37-40)36-32(41)25-11-13-26(14-12-25)39-17-20-44-21-18-39/h4-6,9-14,22,27H,2-3,7-8,15-21,23H2,1H3,(H,35,42)(H,36,37,41)/t27-/m1/s1. The van der Waals surface area contributed by atoms with Gasteiger partial charge in [-0.2, -0.15) is 4.68 Å². The summed E-state index contributed by atoms with van der Waals surface area (Å²) in [6.07, 6.45) is 3.24. The lowest BCUT2D eigenvalue weighted by molar-refractivity contribution is 0.0930. The van der Waals surface area contributed by atoms with E-state index in [1.54, 1.807) is 18.2 Å². The van der Waals surface area contributed by atoms with Crippen molar-refractivity contribution in [2.45, 2.75) is 38.6 Å². The summed E-state index contributed by atoms with van der Waals surface area (Å²) in [6.45, 7) is 7.94. The van der Waals surface area contributed by atoms with E-state index < -0.39 is 6.09 Å². The number of benzene rings is 2. The van der Waals surface area contributed by atoms with E-state index in [2.05, 4.69) is 25.5 Å². The van der Waals surface area contributed by atoms with E-state index in [-0.39, 0.29) is 30.3 Å². The van der Waals surface area contributed by atoms with Crippen LogP contribution in [0.25, 0.3) is 10.2 Å². The molecule has 2 aliphatic heterocycles. The van der Waals surface area contributed by atoms with Gasteiger partial charge >= 0.3 is 6.09 Å². The highest BCUT2D eigenvalue weighted by Crippen LogP contribution is 2.33. The molecule has 0 saturated carbocycles. The van der Waals surface area contributed by atoms with Crippen LogP contribution in [0, 0.1) is 0 Å². The fourth-order valence-electron chi connectivity index (χ4n) is 5.80. The molecule has 1 atom stereocenters. The Morgan fingerprint density at radius 3 is 2.43 bits per heavy atom. The van der Waals surface area contributed by atoms with Gasteiger partial charge in [0.05, 0.1) is 41.0 Å². The molecule has 2 saturated heterocycles. The van der Waals surface area contributed by atoms with Gasteiger partial charge in [0.1, 0.15) is 0 Å². The second-order valence-electron chi connectivity index (χ2n) is 11.6. The number of anilines is 2. The number of aromatic nitrogens is 2. The number of unbranched alkanes of at least 4 members (excludes halogenated alkanes) is 1. The van der Waals surface area contributed by atoms with Gasteiger partial charge in [-0.3, -0.25) is 9.59 Å². The molecule has 0 aliphatic carbocycles. The van der Waals surface area contributed by atoms with Gasteiger partial charge in [-0.25, -0.2) is 4.79 Å². The van der Waals surface area contributed by atoms with Crippen LogP contribution in [0.1, 0.15) is 64.2 Å². The van der Waals surface area contributed by atoms with Gasteiger partial charge in [-0.15, -0.1) is 16.4 Å². The normalized spacial score (nSPS) is 16.0. The number of ether oxygens (including phenoxy) is 2. The number of nitrogens with one attached hydrogen (secondary N) is 2. The van der Waals surface area contributed by atoms with Gasteiger partial charge in [-0.1, -0.05) is 43.7 Å². The third-order valence-electron chi connectivity index (χ3n) is 8.36. The molecule has 12 heteroatoms. The highest BCUT2D eigenvalue weighted by atomic mass is 32.1. The van der Waals surface area contributed by atoms with Crippen LogP contribution in [0.3, 0.4) is 0 Å². The number of rotatable bonds is 11. The van der Waals surface area contributed by atoms with Crippen molar-refractivity contribution in [1.82, 2.24) is 20.0 Å². The second-order valence-corrected chi connectivity index (χ2v) is 12.7. The number of thiophene rings is 1. The first-order chi connectivity index (χ1) is 22.5. The molecule has 6 rings (SSSR count). The number of likely N-dealkylation sites (tertiary alicyclic amines) is 1. The molecule has 2 fully saturated rings.